The molecule has 0 aliphatic rings. The van der Waals surface area contributed by atoms with Gasteiger partial charge in [-0.25, -0.2) is 4.79 Å². The fourth-order valence-corrected chi connectivity index (χ4v) is 2.41. The van der Waals surface area contributed by atoms with Gasteiger partial charge in [0.25, 0.3) is 0 Å². The highest BCUT2D eigenvalue weighted by atomic mass is 35.5. The van der Waals surface area contributed by atoms with Crippen molar-refractivity contribution in [2.45, 2.75) is 12.8 Å². The second-order valence-electron chi connectivity index (χ2n) is 3.60. The Balaban J connectivity index is 0.000000515. The van der Waals surface area contributed by atoms with Crippen LogP contribution in [0, 0.1) is 0 Å². The van der Waals surface area contributed by atoms with Gasteiger partial charge in [-0.15, -0.1) is 0 Å². The third-order valence-electron chi connectivity index (χ3n) is 2.04. The van der Waals surface area contributed by atoms with Crippen LogP contribution < -0.4 is 0 Å². The number of carboxylic acid groups (broad SMARTS) is 2. The average molecular weight is 447 g/mol. The number of rotatable bonds is 4. The smallest absolute Gasteiger partial charge is 0.359 e. The second-order valence-corrected chi connectivity index (χ2v) is 5.64. The minimum absolute atomic E-state index is 0.0422. The molecule has 0 fully saturated rings. The molecular weight excluding hydrogens is 441 g/mol. The van der Waals surface area contributed by atoms with E-state index in [1.165, 1.54) is 0 Å². The van der Waals surface area contributed by atoms with Gasteiger partial charge in [0.15, 0.2) is 0 Å². The molecule has 0 aliphatic carbocycles. The summed E-state index contributed by atoms with van der Waals surface area (Å²) in [5.41, 5.74) is -0.229. The number of carbonyl (C=O) groups is 3. The first-order valence-electron chi connectivity index (χ1n) is 5.32. The quantitative estimate of drug-likeness (QED) is 0.487. The lowest BCUT2D eigenvalue weighted by atomic mass is 10.2. The molecule has 1 aromatic rings. The van der Waals surface area contributed by atoms with Gasteiger partial charge >= 0.3 is 17.9 Å². The van der Waals surface area contributed by atoms with Crippen LogP contribution in [0.15, 0.2) is 0 Å². The number of aliphatic carboxylic acids is 2. The Bertz CT molecular complexity index is 589. The number of benzene rings is 1. The van der Waals surface area contributed by atoms with E-state index in [2.05, 4.69) is 4.29 Å². The largest absolute Gasteiger partial charge is 0.481 e. The number of carbonyl (C=O) groups excluding carboxylic acids is 1. The van der Waals surface area contributed by atoms with Gasteiger partial charge in [-0.05, 0) is 0 Å². The van der Waals surface area contributed by atoms with Crippen molar-refractivity contribution < 1.29 is 28.9 Å². The van der Waals surface area contributed by atoms with Crippen molar-refractivity contribution in [2.75, 3.05) is 0 Å². The van der Waals surface area contributed by atoms with Gasteiger partial charge in [-0.1, -0.05) is 58.0 Å². The maximum absolute atomic E-state index is 11.2. The van der Waals surface area contributed by atoms with Crippen LogP contribution in [0.5, 0.6) is 0 Å². The third kappa shape index (κ3) is 6.79. The van der Waals surface area contributed by atoms with Crippen LogP contribution in [0.2, 0.25) is 25.1 Å². The molecule has 128 valence electrons. The molecular formula is C11H6Cl6O6. The predicted molar refractivity (Wildman–Crippen MR) is 87.3 cm³/mol. The van der Waals surface area contributed by atoms with Crippen molar-refractivity contribution in [3.8, 4) is 0 Å². The molecule has 0 aromatic heterocycles. The summed E-state index contributed by atoms with van der Waals surface area (Å²) in [5, 5.41) is 15.2. The average Bonchev–Trinajstić information content (AvgIpc) is 2.49. The molecule has 2 N–H and O–H groups in total. The molecule has 0 atom stereocenters. The van der Waals surface area contributed by atoms with E-state index in [1.807, 2.05) is 0 Å². The third-order valence-corrected chi connectivity index (χ3v) is 4.45. The first-order valence-corrected chi connectivity index (χ1v) is 7.52. The van der Waals surface area contributed by atoms with Crippen molar-refractivity contribution >= 4 is 87.8 Å². The Labute approximate surface area is 159 Å². The maximum Gasteiger partial charge on any atom is 0.359 e. The number of carboxylic acids is 2. The van der Waals surface area contributed by atoms with E-state index in [0.717, 1.165) is 0 Å². The Hall–Kier alpha value is -0.630. The zero-order valence-electron chi connectivity index (χ0n) is 10.7. The van der Waals surface area contributed by atoms with Gasteiger partial charge in [0.1, 0.15) is 17.4 Å². The molecule has 0 radical (unpaired) electrons. The molecule has 0 saturated heterocycles. The predicted octanol–water partition coefficient (Wildman–Crippen LogP) is 5.20. The first-order chi connectivity index (χ1) is 10.5. The normalized spacial score (nSPS) is 9.65. The van der Waals surface area contributed by atoms with Gasteiger partial charge in [-0.2, -0.15) is 0 Å². The highest BCUT2D eigenvalue weighted by molar-refractivity contribution is 6.56. The SMILES string of the molecule is O=C(O)CCC(=O)O.O=C(OCl)c1c(Cl)c(Cl)c(Cl)c(Cl)c1Cl. The zero-order valence-corrected chi connectivity index (χ0v) is 15.2. The van der Waals surface area contributed by atoms with Gasteiger partial charge in [0.2, 0.25) is 0 Å². The summed E-state index contributed by atoms with van der Waals surface area (Å²) < 4.78 is 3.95. The molecule has 0 bridgehead atoms. The molecule has 0 spiro atoms. The first kappa shape index (κ1) is 22.4. The van der Waals surface area contributed by atoms with E-state index in [4.69, 9.17) is 80.1 Å². The van der Waals surface area contributed by atoms with Gasteiger partial charge < -0.3 is 14.5 Å². The van der Waals surface area contributed by atoms with Crippen LogP contribution in [-0.4, -0.2) is 28.1 Å². The molecule has 1 rings (SSSR count). The van der Waals surface area contributed by atoms with E-state index >= 15 is 0 Å². The summed E-state index contributed by atoms with van der Waals surface area (Å²) in [6, 6.07) is 0. The number of halogens is 6. The summed E-state index contributed by atoms with van der Waals surface area (Å²) in [6.07, 6.45) is -0.593. The monoisotopic (exact) mass is 444 g/mol. The highest BCUT2D eigenvalue weighted by Gasteiger charge is 2.24. The minimum Gasteiger partial charge on any atom is -0.481 e. The Morgan fingerprint density at radius 2 is 1.04 bits per heavy atom. The van der Waals surface area contributed by atoms with Crippen molar-refractivity contribution in [1.29, 1.82) is 0 Å². The van der Waals surface area contributed by atoms with Crippen LogP contribution in [0.25, 0.3) is 0 Å². The fourth-order valence-electron chi connectivity index (χ4n) is 1.04. The number of hydrogen-bond acceptors (Lipinski definition) is 4. The van der Waals surface area contributed by atoms with E-state index in [-0.39, 0.29) is 43.5 Å². The summed E-state index contributed by atoms with van der Waals surface area (Å²) in [6.45, 7) is 0. The van der Waals surface area contributed by atoms with Crippen molar-refractivity contribution in [3.63, 3.8) is 0 Å². The van der Waals surface area contributed by atoms with Crippen molar-refractivity contribution in [3.05, 3.63) is 30.7 Å². The zero-order chi connectivity index (χ0) is 18.3. The van der Waals surface area contributed by atoms with E-state index in [9.17, 15) is 14.4 Å². The Morgan fingerprint density at radius 3 is 1.30 bits per heavy atom. The van der Waals surface area contributed by atoms with Crippen LogP contribution in [0.1, 0.15) is 23.2 Å². The topological polar surface area (TPSA) is 101 Å². The summed E-state index contributed by atoms with van der Waals surface area (Å²) >= 11 is 33.4. The Kier molecular flexibility index (Phi) is 10.00. The van der Waals surface area contributed by atoms with Crippen LogP contribution in [0.3, 0.4) is 0 Å². The van der Waals surface area contributed by atoms with Gasteiger partial charge in [-0.3, -0.25) is 9.59 Å². The minimum atomic E-state index is -1.08. The maximum atomic E-state index is 11.2. The molecule has 0 unspecified atom stereocenters. The van der Waals surface area contributed by atoms with Crippen LogP contribution >= 0.6 is 69.9 Å². The standard InChI is InChI=1S/C7Cl6O2.C4H6O4/c8-2-1(7(14)15-13)3(9)5(11)6(12)4(2)10;5-3(6)1-2-4(7)8/h;1-2H2,(H,5,6)(H,7,8). The highest BCUT2D eigenvalue weighted by Crippen LogP contribution is 2.44. The molecule has 0 heterocycles. The molecule has 23 heavy (non-hydrogen) atoms. The Morgan fingerprint density at radius 1 is 0.739 bits per heavy atom. The molecule has 12 heteroatoms. The molecule has 6 nitrogen and oxygen atoms in total. The van der Waals surface area contributed by atoms with E-state index in [0.29, 0.717) is 0 Å². The lowest BCUT2D eigenvalue weighted by Gasteiger charge is -2.09. The second kappa shape index (κ2) is 10.3. The van der Waals surface area contributed by atoms with Crippen LogP contribution in [-0.2, 0) is 13.9 Å². The van der Waals surface area contributed by atoms with Crippen LogP contribution in [0.4, 0.5) is 0 Å². The number of hydrogen-bond donors (Lipinski definition) is 2. The molecule has 0 amide bonds. The summed E-state index contributed by atoms with van der Waals surface area (Å²) in [5.74, 6) is -3.12. The summed E-state index contributed by atoms with van der Waals surface area (Å²) in [4.78, 5) is 30.5. The fraction of sp³-hybridized carbons (Fsp3) is 0.182. The lowest BCUT2D eigenvalue weighted by molar-refractivity contribution is -0.143. The molecule has 0 aliphatic heterocycles. The van der Waals surface area contributed by atoms with Crippen molar-refractivity contribution in [1.82, 2.24) is 0 Å². The molecule has 0 saturated carbocycles. The van der Waals surface area contributed by atoms with Gasteiger partial charge in [0, 0.05) is 0 Å². The van der Waals surface area contributed by atoms with E-state index in [1.54, 1.807) is 0 Å². The van der Waals surface area contributed by atoms with Gasteiger partial charge in [0.05, 0.1) is 38.0 Å². The summed E-state index contributed by atoms with van der Waals surface area (Å²) in [7, 11) is 0. The lowest BCUT2D eigenvalue weighted by Crippen LogP contribution is -2.02. The van der Waals surface area contributed by atoms with Crippen molar-refractivity contribution in [2.24, 2.45) is 0 Å². The van der Waals surface area contributed by atoms with E-state index < -0.39 is 17.9 Å². The molecule has 1 aromatic carbocycles.